The van der Waals surface area contributed by atoms with E-state index in [1.807, 2.05) is 19.1 Å². The minimum Gasteiger partial charge on any atom is -0.496 e. The fourth-order valence-electron chi connectivity index (χ4n) is 2.53. The second kappa shape index (κ2) is 6.18. The molecule has 1 N–H and O–H groups in total. The van der Waals surface area contributed by atoms with Crippen molar-refractivity contribution in [1.82, 2.24) is 14.5 Å². The molecule has 1 aromatic carbocycles. The Balaban J connectivity index is 1.97. The number of aliphatic hydroxyl groups excluding tert-OH is 1. The van der Waals surface area contributed by atoms with Gasteiger partial charge in [0.2, 0.25) is 0 Å². The molecule has 0 spiro atoms. The van der Waals surface area contributed by atoms with Crippen LogP contribution in [0.15, 0.2) is 47.7 Å². The summed E-state index contributed by atoms with van der Waals surface area (Å²) in [4.78, 5) is 20.7. The lowest BCUT2D eigenvalue weighted by atomic mass is 10.1. The number of aromatic nitrogens is 3. The van der Waals surface area contributed by atoms with Crippen molar-refractivity contribution in [3.63, 3.8) is 0 Å². The summed E-state index contributed by atoms with van der Waals surface area (Å²) in [5.41, 5.74) is 1.82. The van der Waals surface area contributed by atoms with Gasteiger partial charge in [0.1, 0.15) is 18.2 Å². The molecule has 2 heterocycles. The second-order valence-corrected chi connectivity index (χ2v) is 5.34. The molecular formula is C17H17N3O3. The van der Waals surface area contributed by atoms with Crippen molar-refractivity contribution in [2.75, 3.05) is 7.11 Å². The van der Waals surface area contributed by atoms with Crippen LogP contribution in [0.25, 0.3) is 11.0 Å². The lowest BCUT2D eigenvalue weighted by Gasteiger charge is -2.16. The van der Waals surface area contributed by atoms with Gasteiger partial charge in [0.15, 0.2) is 5.65 Å². The van der Waals surface area contributed by atoms with E-state index < -0.39 is 6.10 Å². The van der Waals surface area contributed by atoms with E-state index in [1.54, 1.807) is 31.5 Å². The van der Waals surface area contributed by atoms with E-state index >= 15 is 0 Å². The third-order valence-corrected chi connectivity index (χ3v) is 3.71. The SMILES string of the molecule is COc1ccc(C)cc1[C@H](O)Cn1cnc2ncccc2c1=O. The summed E-state index contributed by atoms with van der Waals surface area (Å²) in [5.74, 6) is 0.589. The number of hydrogen-bond acceptors (Lipinski definition) is 5. The van der Waals surface area contributed by atoms with Crippen molar-refractivity contribution in [3.8, 4) is 5.75 Å². The topological polar surface area (TPSA) is 77.2 Å². The lowest BCUT2D eigenvalue weighted by molar-refractivity contribution is 0.151. The summed E-state index contributed by atoms with van der Waals surface area (Å²) in [6, 6.07) is 8.93. The largest absolute Gasteiger partial charge is 0.496 e. The number of pyridine rings is 1. The van der Waals surface area contributed by atoms with E-state index in [0.717, 1.165) is 5.56 Å². The zero-order valence-corrected chi connectivity index (χ0v) is 12.9. The van der Waals surface area contributed by atoms with Crippen molar-refractivity contribution in [2.24, 2.45) is 0 Å². The standard InChI is InChI=1S/C17H17N3O3/c1-11-5-6-15(23-2)13(8-11)14(21)9-20-10-19-16-12(17(20)22)4-3-7-18-16/h3-8,10,14,21H,9H2,1-2H3/t14-/m1/s1. The molecule has 23 heavy (non-hydrogen) atoms. The first-order chi connectivity index (χ1) is 11.1. The summed E-state index contributed by atoms with van der Waals surface area (Å²) in [6.45, 7) is 2.03. The van der Waals surface area contributed by atoms with E-state index in [4.69, 9.17) is 4.74 Å². The van der Waals surface area contributed by atoms with Crippen LogP contribution in [0, 0.1) is 6.92 Å². The van der Waals surface area contributed by atoms with Gasteiger partial charge in [-0.15, -0.1) is 0 Å². The van der Waals surface area contributed by atoms with Gasteiger partial charge in [-0.3, -0.25) is 9.36 Å². The summed E-state index contributed by atoms with van der Waals surface area (Å²) in [5, 5.41) is 11.0. The molecule has 0 radical (unpaired) electrons. The molecule has 1 atom stereocenters. The Bertz CT molecular complexity index is 905. The van der Waals surface area contributed by atoms with Gasteiger partial charge in [0.05, 0.1) is 19.0 Å². The molecule has 0 amide bonds. The molecule has 118 valence electrons. The van der Waals surface area contributed by atoms with Crippen molar-refractivity contribution in [2.45, 2.75) is 19.6 Å². The Kier molecular flexibility index (Phi) is 4.08. The average molecular weight is 311 g/mol. The van der Waals surface area contributed by atoms with Crippen molar-refractivity contribution in [1.29, 1.82) is 0 Å². The third-order valence-electron chi connectivity index (χ3n) is 3.71. The van der Waals surface area contributed by atoms with E-state index in [1.165, 1.54) is 10.9 Å². The molecule has 0 saturated heterocycles. The van der Waals surface area contributed by atoms with Crippen LogP contribution >= 0.6 is 0 Å². The minimum absolute atomic E-state index is 0.0937. The molecule has 2 aromatic heterocycles. The Morgan fingerprint density at radius 2 is 2.13 bits per heavy atom. The maximum absolute atomic E-state index is 12.5. The number of aliphatic hydroxyl groups is 1. The summed E-state index contributed by atoms with van der Waals surface area (Å²) in [6.07, 6.45) is 2.12. The summed E-state index contributed by atoms with van der Waals surface area (Å²) in [7, 11) is 1.55. The smallest absolute Gasteiger partial charge is 0.262 e. The molecule has 0 saturated carbocycles. The van der Waals surface area contributed by atoms with Gasteiger partial charge in [-0.1, -0.05) is 11.6 Å². The third kappa shape index (κ3) is 2.93. The van der Waals surface area contributed by atoms with E-state index in [9.17, 15) is 9.90 Å². The van der Waals surface area contributed by atoms with Crippen molar-refractivity contribution < 1.29 is 9.84 Å². The van der Waals surface area contributed by atoms with E-state index in [0.29, 0.717) is 22.3 Å². The van der Waals surface area contributed by atoms with Gasteiger partial charge >= 0.3 is 0 Å². The Morgan fingerprint density at radius 3 is 2.91 bits per heavy atom. The van der Waals surface area contributed by atoms with Crippen LogP contribution in [0.4, 0.5) is 0 Å². The molecule has 0 bridgehead atoms. The molecule has 6 heteroatoms. The number of fused-ring (bicyclic) bond motifs is 1. The van der Waals surface area contributed by atoms with Gasteiger partial charge in [0, 0.05) is 11.8 Å². The quantitative estimate of drug-likeness (QED) is 0.795. The number of hydrogen-bond donors (Lipinski definition) is 1. The van der Waals surface area contributed by atoms with Crippen LogP contribution in [0.2, 0.25) is 0 Å². The number of aryl methyl sites for hydroxylation is 1. The Morgan fingerprint density at radius 1 is 1.30 bits per heavy atom. The molecule has 6 nitrogen and oxygen atoms in total. The van der Waals surface area contributed by atoms with Crippen molar-refractivity contribution in [3.05, 3.63) is 64.3 Å². The van der Waals surface area contributed by atoms with Crippen LogP contribution in [0.1, 0.15) is 17.2 Å². The maximum atomic E-state index is 12.5. The Labute approximate surface area is 133 Å². The van der Waals surface area contributed by atoms with Crippen LogP contribution in [0.5, 0.6) is 5.75 Å². The molecule has 3 rings (SSSR count). The van der Waals surface area contributed by atoms with Gasteiger partial charge in [0.25, 0.3) is 5.56 Å². The first-order valence-electron chi connectivity index (χ1n) is 7.23. The van der Waals surface area contributed by atoms with Crippen LogP contribution in [-0.4, -0.2) is 26.8 Å². The van der Waals surface area contributed by atoms with Crippen LogP contribution < -0.4 is 10.3 Å². The minimum atomic E-state index is -0.876. The number of rotatable bonds is 4. The fraction of sp³-hybridized carbons (Fsp3) is 0.235. The van der Waals surface area contributed by atoms with Gasteiger partial charge in [-0.05, 0) is 31.2 Å². The summed E-state index contributed by atoms with van der Waals surface area (Å²) < 4.78 is 6.67. The summed E-state index contributed by atoms with van der Waals surface area (Å²) >= 11 is 0. The normalized spacial score (nSPS) is 12.3. The first-order valence-corrected chi connectivity index (χ1v) is 7.23. The molecule has 0 aliphatic rings. The van der Waals surface area contributed by atoms with E-state index in [-0.39, 0.29) is 12.1 Å². The zero-order chi connectivity index (χ0) is 16.4. The predicted octanol–water partition coefficient (Wildman–Crippen LogP) is 1.84. The molecule has 0 fully saturated rings. The van der Waals surface area contributed by atoms with Gasteiger partial charge < -0.3 is 9.84 Å². The number of ether oxygens (including phenoxy) is 1. The zero-order valence-electron chi connectivity index (χ0n) is 12.9. The molecule has 3 aromatic rings. The first kappa shape index (κ1) is 15.2. The monoisotopic (exact) mass is 311 g/mol. The highest BCUT2D eigenvalue weighted by atomic mass is 16.5. The fourth-order valence-corrected chi connectivity index (χ4v) is 2.53. The highest BCUT2D eigenvalue weighted by molar-refractivity contribution is 5.72. The van der Waals surface area contributed by atoms with Gasteiger partial charge in [-0.2, -0.15) is 0 Å². The van der Waals surface area contributed by atoms with Crippen LogP contribution in [0.3, 0.4) is 0 Å². The molecular weight excluding hydrogens is 294 g/mol. The van der Waals surface area contributed by atoms with Crippen molar-refractivity contribution >= 4 is 11.0 Å². The number of nitrogens with zero attached hydrogens (tertiary/aromatic N) is 3. The molecule has 0 unspecified atom stereocenters. The molecule has 0 aliphatic carbocycles. The predicted molar refractivity (Wildman–Crippen MR) is 86.5 cm³/mol. The molecule has 0 aliphatic heterocycles. The van der Waals surface area contributed by atoms with Gasteiger partial charge in [-0.25, -0.2) is 9.97 Å². The maximum Gasteiger partial charge on any atom is 0.262 e. The number of benzene rings is 1. The Hall–Kier alpha value is -2.73. The average Bonchev–Trinajstić information content (AvgIpc) is 2.57. The van der Waals surface area contributed by atoms with Crippen LogP contribution in [-0.2, 0) is 6.54 Å². The second-order valence-electron chi connectivity index (χ2n) is 5.34. The van der Waals surface area contributed by atoms with E-state index in [2.05, 4.69) is 9.97 Å². The lowest BCUT2D eigenvalue weighted by Crippen LogP contribution is -2.24. The highest BCUT2D eigenvalue weighted by Crippen LogP contribution is 2.27. The number of methoxy groups -OCH3 is 1. The highest BCUT2D eigenvalue weighted by Gasteiger charge is 2.16.